The topological polar surface area (TPSA) is 92.5 Å². The average Bonchev–Trinajstić information content (AvgIpc) is 2.82. The third-order valence-electron chi connectivity index (χ3n) is 4.54. The standard InChI is InChI=1S/C15H25N3O3/c16-10-12(11-4-2-1-3-5-11)17-13(19)8-9-18-14(20)6-7-15(18)21/h11-12H,1-10,16H2,(H,17,19). The third-order valence-corrected chi connectivity index (χ3v) is 4.54. The van der Waals surface area contributed by atoms with E-state index in [-0.39, 0.29) is 49.6 Å². The maximum Gasteiger partial charge on any atom is 0.229 e. The summed E-state index contributed by atoms with van der Waals surface area (Å²) < 4.78 is 0. The van der Waals surface area contributed by atoms with Crippen LogP contribution in [0.3, 0.4) is 0 Å². The third kappa shape index (κ3) is 4.27. The van der Waals surface area contributed by atoms with Gasteiger partial charge in [-0.1, -0.05) is 19.3 Å². The zero-order valence-electron chi connectivity index (χ0n) is 12.5. The number of rotatable bonds is 6. The largest absolute Gasteiger partial charge is 0.352 e. The molecule has 0 bridgehead atoms. The SMILES string of the molecule is NCC(NC(=O)CCN1C(=O)CCC1=O)C1CCCCC1. The van der Waals surface area contributed by atoms with Gasteiger partial charge in [-0.05, 0) is 18.8 Å². The predicted molar refractivity (Wildman–Crippen MR) is 78.1 cm³/mol. The highest BCUT2D eigenvalue weighted by Crippen LogP contribution is 2.26. The van der Waals surface area contributed by atoms with E-state index in [1.165, 1.54) is 24.2 Å². The Morgan fingerprint density at radius 2 is 1.81 bits per heavy atom. The molecule has 1 aliphatic carbocycles. The lowest BCUT2D eigenvalue weighted by atomic mass is 9.84. The Bertz CT molecular complexity index is 389. The second-order valence-corrected chi connectivity index (χ2v) is 6.00. The lowest BCUT2D eigenvalue weighted by molar-refractivity contribution is -0.138. The fraction of sp³-hybridized carbons (Fsp3) is 0.800. The van der Waals surface area contributed by atoms with Gasteiger partial charge in [0.25, 0.3) is 0 Å². The van der Waals surface area contributed by atoms with Crippen LogP contribution in [0, 0.1) is 5.92 Å². The molecule has 3 amide bonds. The van der Waals surface area contributed by atoms with Gasteiger partial charge in [-0.25, -0.2) is 0 Å². The van der Waals surface area contributed by atoms with Crippen LogP contribution < -0.4 is 11.1 Å². The average molecular weight is 295 g/mol. The summed E-state index contributed by atoms with van der Waals surface area (Å²) in [6.07, 6.45) is 6.61. The molecule has 2 fully saturated rings. The van der Waals surface area contributed by atoms with E-state index in [0.29, 0.717) is 12.5 Å². The summed E-state index contributed by atoms with van der Waals surface area (Å²) in [6, 6.07) is 0.0165. The van der Waals surface area contributed by atoms with Crippen molar-refractivity contribution in [1.29, 1.82) is 0 Å². The molecular weight excluding hydrogens is 270 g/mol. The number of nitrogens with zero attached hydrogens (tertiary/aromatic N) is 1. The molecule has 118 valence electrons. The molecule has 1 saturated heterocycles. The number of imide groups is 1. The first-order valence-corrected chi connectivity index (χ1v) is 7.94. The molecule has 1 aliphatic heterocycles. The second kappa shape index (κ2) is 7.54. The molecule has 6 heteroatoms. The fourth-order valence-electron chi connectivity index (χ4n) is 3.27. The minimum Gasteiger partial charge on any atom is -0.352 e. The number of hydrogen-bond donors (Lipinski definition) is 2. The summed E-state index contributed by atoms with van der Waals surface area (Å²) in [5.74, 6) is -0.00261. The van der Waals surface area contributed by atoms with Gasteiger partial charge in [0.05, 0.1) is 0 Å². The molecule has 2 aliphatic rings. The number of likely N-dealkylation sites (tertiary alicyclic amines) is 1. The van der Waals surface area contributed by atoms with E-state index in [1.54, 1.807) is 0 Å². The maximum absolute atomic E-state index is 12.0. The van der Waals surface area contributed by atoms with Crippen molar-refractivity contribution in [2.24, 2.45) is 11.7 Å². The van der Waals surface area contributed by atoms with Crippen molar-refractivity contribution in [1.82, 2.24) is 10.2 Å². The molecule has 3 N–H and O–H groups in total. The van der Waals surface area contributed by atoms with Crippen LogP contribution in [0.15, 0.2) is 0 Å². The molecule has 1 atom stereocenters. The van der Waals surface area contributed by atoms with Crippen molar-refractivity contribution in [3.05, 3.63) is 0 Å². The Labute approximate surface area is 125 Å². The van der Waals surface area contributed by atoms with Crippen LogP contribution in [0.25, 0.3) is 0 Å². The number of carbonyl (C=O) groups is 3. The van der Waals surface area contributed by atoms with Crippen molar-refractivity contribution < 1.29 is 14.4 Å². The minimum absolute atomic E-state index is 0.0165. The van der Waals surface area contributed by atoms with Crippen molar-refractivity contribution >= 4 is 17.7 Å². The molecule has 6 nitrogen and oxygen atoms in total. The van der Waals surface area contributed by atoms with Gasteiger partial charge in [-0.15, -0.1) is 0 Å². The molecule has 21 heavy (non-hydrogen) atoms. The van der Waals surface area contributed by atoms with Gasteiger partial charge in [0, 0.05) is 38.4 Å². The molecule has 0 radical (unpaired) electrons. The Morgan fingerprint density at radius 1 is 1.19 bits per heavy atom. The molecule has 0 aromatic heterocycles. The minimum atomic E-state index is -0.171. The molecule has 2 rings (SSSR count). The van der Waals surface area contributed by atoms with Crippen molar-refractivity contribution in [3.8, 4) is 0 Å². The molecule has 0 spiro atoms. The smallest absolute Gasteiger partial charge is 0.229 e. The van der Waals surface area contributed by atoms with Gasteiger partial charge >= 0.3 is 0 Å². The van der Waals surface area contributed by atoms with Crippen LogP contribution in [0.2, 0.25) is 0 Å². The Hall–Kier alpha value is -1.43. The number of nitrogens with one attached hydrogen (secondary N) is 1. The number of amides is 3. The predicted octanol–water partition coefficient (Wildman–Crippen LogP) is 0.549. The summed E-state index contributed by atoms with van der Waals surface area (Å²) in [4.78, 5) is 36.2. The van der Waals surface area contributed by atoms with Crippen LogP contribution in [0.4, 0.5) is 0 Å². The lowest BCUT2D eigenvalue weighted by Crippen LogP contribution is -2.46. The summed E-state index contributed by atoms with van der Waals surface area (Å²) in [6.45, 7) is 0.628. The van der Waals surface area contributed by atoms with E-state index >= 15 is 0 Å². The first-order valence-electron chi connectivity index (χ1n) is 7.94. The van der Waals surface area contributed by atoms with Crippen LogP contribution in [-0.2, 0) is 14.4 Å². The Balaban J connectivity index is 1.77. The van der Waals surface area contributed by atoms with Gasteiger partial charge < -0.3 is 11.1 Å². The van der Waals surface area contributed by atoms with Crippen molar-refractivity contribution in [3.63, 3.8) is 0 Å². The highest BCUT2D eigenvalue weighted by Gasteiger charge is 2.29. The van der Waals surface area contributed by atoms with E-state index in [0.717, 1.165) is 12.8 Å². The molecular formula is C15H25N3O3. The normalized spacial score (nSPS) is 21.7. The van der Waals surface area contributed by atoms with Gasteiger partial charge in [-0.3, -0.25) is 19.3 Å². The molecule has 0 aromatic carbocycles. The number of nitrogens with two attached hydrogens (primary N) is 1. The lowest BCUT2D eigenvalue weighted by Gasteiger charge is -2.30. The van der Waals surface area contributed by atoms with E-state index in [2.05, 4.69) is 5.32 Å². The van der Waals surface area contributed by atoms with E-state index in [9.17, 15) is 14.4 Å². The summed E-state index contributed by atoms with van der Waals surface area (Å²) in [5, 5.41) is 2.98. The van der Waals surface area contributed by atoms with Crippen molar-refractivity contribution in [2.45, 2.75) is 57.4 Å². The van der Waals surface area contributed by atoms with Crippen LogP contribution in [0.5, 0.6) is 0 Å². The summed E-state index contributed by atoms with van der Waals surface area (Å²) in [5.41, 5.74) is 5.78. The summed E-state index contributed by atoms with van der Waals surface area (Å²) in [7, 11) is 0. The zero-order valence-corrected chi connectivity index (χ0v) is 12.5. The monoisotopic (exact) mass is 295 g/mol. The summed E-state index contributed by atoms with van der Waals surface area (Å²) >= 11 is 0. The van der Waals surface area contributed by atoms with Gasteiger partial charge in [-0.2, -0.15) is 0 Å². The van der Waals surface area contributed by atoms with Crippen molar-refractivity contribution in [2.75, 3.05) is 13.1 Å². The van der Waals surface area contributed by atoms with E-state index in [4.69, 9.17) is 5.73 Å². The maximum atomic E-state index is 12.0. The quantitative estimate of drug-likeness (QED) is 0.700. The highest BCUT2D eigenvalue weighted by molar-refractivity contribution is 6.02. The van der Waals surface area contributed by atoms with E-state index < -0.39 is 0 Å². The molecule has 0 aromatic rings. The highest BCUT2D eigenvalue weighted by atomic mass is 16.2. The van der Waals surface area contributed by atoms with Gasteiger partial charge in [0.1, 0.15) is 0 Å². The first-order chi connectivity index (χ1) is 10.1. The Morgan fingerprint density at radius 3 is 2.38 bits per heavy atom. The fourth-order valence-corrected chi connectivity index (χ4v) is 3.27. The van der Waals surface area contributed by atoms with E-state index in [1.807, 2.05) is 0 Å². The number of hydrogen-bond acceptors (Lipinski definition) is 4. The molecule has 1 saturated carbocycles. The molecule has 1 heterocycles. The number of carbonyl (C=O) groups excluding carboxylic acids is 3. The Kier molecular flexibility index (Phi) is 5.73. The zero-order chi connectivity index (χ0) is 15.2. The van der Waals surface area contributed by atoms with Crippen LogP contribution in [-0.4, -0.2) is 41.8 Å². The van der Waals surface area contributed by atoms with Gasteiger partial charge in [0.2, 0.25) is 17.7 Å². The van der Waals surface area contributed by atoms with Crippen LogP contribution >= 0.6 is 0 Å². The van der Waals surface area contributed by atoms with Crippen LogP contribution in [0.1, 0.15) is 51.4 Å². The van der Waals surface area contributed by atoms with Gasteiger partial charge in [0.15, 0.2) is 0 Å². The second-order valence-electron chi connectivity index (χ2n) is 6.00. The first kappa shape index (κ1) is 15.9. The molecule has 1 unspecified atom stereocenters.